The molecular formula is C26H27FN6O5. The number of carbonyl (C=O) groups is 1. The molecule has 198 valence electrons. The number of aromatic nitrogens is 3. The fourth-order valence-corrected chi connectivity index (χ4v) is 5.49. The van der Waals surface area contributed by atoms with E-state index in [0.29, 0.717) is 60.2 Å². The summed E-state index contributed by atoms with van der Waals surface area (Å²) in [5.41, 5.74) is 1.27. The summed E-state index contributed by atoms with van der Waals surface area (Å²) < 4.78 is 31.9. The lowest BCUT2D eigenvalue weighted by Crippen LogP contribution is -2.64. The summed E-state index contributed by atoms with van der Waals surface area (Å²) in [6.07, 6.45) is 3.98. The van der Waals surface area contributed by atoms with Crippen molar-refractivity contribution in [1.82, 2.24) is 20.3 Å². The molecule has 3 aromatic heterocycles. The Hall–Kier alpha value is -3.90. The van der Waals surface area contributed by atoms with Crippen LogP contribution in [0.4, 0.5) is 10.2 Å². The molecule has 7 rings (SSSR count). The number of pyridine rings is 3. The molecule has 4 aliphatic rings. The largest absolute Gasteiger partial charge is 0.481 e. The molecule has 0 aromatic carbocycles. The van der Waals surface area contributed by atoms with Crippen LogP contribution in [0.25, 0.3) is 11.0 Å². The van der Waals surface area contributed by atoms with Crippen molar-refractivity contribution in [2.24, 2.45) is 5.16 Å². The first-order valence-corrected chi connectivity index (χ1v) is 12.4. The minimum absolute atomic E-state index is 0.0116. The van der Waals surface area contributed by atoms with Gasteiger partial charge in [-0.1, -0.05) is 5.16 Å². The summed E-state index contributed by atoms with van der Waals surface area (Å²) in [4.78, 5) is 24.6. The van der Waals surface area contributed by atoms with Crippen LogP contribution in [0.2, 0.25) is 0 Å². The smallest absolute Gasteiger partial charge is 0.263 e. The molecule has 12 heteroatoms. The van der Waals surface area contributed by atoms with Gasteiger partial charge in [0.1, 0.15) is 11.4 Å². The highest BCUT2D eigenvalue weighted by Gasteiger charge is 2.52. The van der Waals surface area contributed by atoms with Crippen molar-refractivity contribution in [3.8, 4) is 11.6 Å². The van der Waals surface area contributed by atoms with Crippen LogP contribution in [0, 0.1) is 5.82 Å². The molecule has 1 aliphatic carbocycles. The molecule has 6 heterocycles. The lowest BCUT2D eigenvalue weighted by atomic mass is 9.68. The molecule has 0 radical (unpaired) electrons. The normalized spacial score (nSPS) is 24.6. The Kier molecular flexibility index (Phi) is 6.07. The Bertz CT molecular complexity index is 1420. The third-order valence-corrected chi connectivity index (χ3v) is 7.76. The number of anilines is 1. The van der Waals surface area contributed by atoms with Crippen molar-refractivity contribution in [1.29, 1.82) is 0 Å². The Morgan fingerprint density at radius 3 is 2.82 bits per heavy atom. The highest BCUT2D eigenvalue weighted by molar-refractivity contribution is 5.97. The molecule has 1 saturated carbocycles. The van der Waals surface area contributed by atoms with E-state index in [1.807, 2.05) is 6.07 Å². The number of oxime groups is 1. The molecule has 38 heavy (non-hydrogen) atoms. The van der Waals surface area contributed by atoms with Gasteiger partial charge in [-0.05, 0) is 43.9 Å². The first-order valence-electron chi connectivity index (χ1n) is 12.4. The van der Waals surface area contributed by atoms with Gasteiger partial charge in [-0.3, -0.25) is 9.78 Å². The number of carbonyl (C=O) groups excluding carboxylic acids is 1. The van der Waals surface area contributed by atoms with E-state index in [2.05, 4.69) is 30.7 Å². The van der Waals surface area contributed by atoms with Gasteiger partial charge in [0.15, 0.2) is 18.2 Å². The van der Waals surface area contributed by atoms with Crippen molar-refractivity contribution in [2.75, 3.05) is 25.6 Å². The summed E-state index contributed by atoms with van der Waals surface area (Å²) >= 11 is 0. The fourth-order valence-electron chi connectivity index (χ4n) is 5.49. The van der Waals surface area contributed by atoms with E-state index in [9.17, 15) is 14.4 Å². The number of rotatable bonds is 7. The maximum atomic E-state index is 14.9. The third kappa shape index (κ3) is 4.29. The van der Waals surface area contributed by atoms with E-state index in [0.717, 1.165) is 24.7 Å². The Labute approximate surface area is 217 Å². The molecule has 3 aromatic rings. The van der Waals surface area contributed by atoms with Crippen LogP contribution in [0.5, 0.6) is 11.6 Å². The van der Waals surface area contributed by atoms with Gasteiger partial charge in [0.25, 0.3) is 5.91 Å². The van der Waals surface area contributed by atoms with Crippen LogP contribution in [0.1, 0.15) is 36.9 Å². The number of halogens is 1. The zero-order chi connectivity index (χ0) is 26.3. The summed E-state index contributed by atoms with van der Waals surface area (Å²) in [5, 5.41) is 19.9. The number of methoxy groups -OCH3 is 1. The Balaban J connectivity index is 1.16. The van der Waals surface area contributed by atoms with Crippen molar-refractivity contribution in [3.63, 3.8) is 0 Å². The maximum Gasteiger partial charge on any atom is 0.263 e. The van der Waals surface area contributed by atoms with Gasteiger partial charge >= 0.3 is 0 Å². The van der Waals surface area contributed by atoms with Crippen LogP contribution in [-0.4, -0.2) is 63.2 Å². The quantitative estimate of drug-likeness (QED) is 0.243. The number of fused-ring (bicyclic) bond motifs is 5. The summed E-state index contributed by atoms with van der Waals surface area (Å²) in [6, 6.07) is 7.05. The number of nitrogens with zero attached hydrogens (tertiary/aromatic N) is 4. The van der Waals surface area contributed by atoms with Crippen LogP contribution >= 0.6 is 0 Å². The van der Waals surface area contributed by atoms with E-state index >= 15 is 0 Å². The maximum absolute atomic E-state index is 14.9. The van der Waals surface area contributed by atoms with Gasteiger partial charge in [-0.15, -0.1) is 0 Å². The van der Waals surface area contributed by atoms with Gasteiger partial charge in [-0.2, -0.15) is 0 Å². The highest BCUT2D eigenvalue weighted by Crippen LogP contribution is 2.45. The summed E-state index contributed by atoms with van der Waals surface area (Å²) in [5.74, 6) is 0.564. The Morgan fingerprint density at radius 2 is 2.08 bits per heavy atom. The van der Waals surface area contributed by atoms with Gasteiger partial charge in [0.2, 0.25) is 5.88 Å². The highest BCUT2D eigenvalue weighted by atomic mass is 19.1. The van der Waals surface area contributed by atoms with E-state index in [1.54, 1.807) is 18.2 Å². The zero-order valence-corrected chi connectivity index (χ0v) is 20.8. The molecule has 3 aliphatic heterocycles. The molecule has 1 amide bonds. The molecule has 2 bridgehead atoms. The van der Waals surface area contributed by atoms with E-state index in [1.165, 1.54) is 7.11 Å². The van der Waals surface area contributed by atoms with Crippen molar-refractivity contribution in [3.05, 3.63) is 47.5 Å². The minimum atomic E-state index is -0.787. The van der Waals surface area contributed by atoms with Crippen molar-refractivity contribution < 1.29 is 28.6 Å². The average Bonchev–Trinajstić information content (AvgIpc) is 2.96. The van der Waals surface area contributed by atoms with Crippen molar-refractivity contribution in [2.45, 2.75) is 49.8 Å². The molecule has 0 spiro atoms. The third-order valence-electron chi connectivity index (χ3n) is 7.76. The SMILES string of the molecule is COc1ccc2ncc(F)c(C/C(=N\O)C34CCC(NCc5ccc6c(n5)NC(=O)CO6)(CC3)CO4)c2n1. The van der Waals surface area contributed by atoms with E-state index in [-0.39, 0.29) is 30.0 Å². The molecule has 11 nitrogen and oxygen atoms in total. The van der Waals surface area contributed by atoms with Gasteiger partial charge in [0, 0.05) is 30.1 Å². The topological polar surface area (TPSA) is 140 Å². The molecule has 3 fully saturated rings. The lowest BCUT2D eigenvalue weighted by molar-refractivity contribution is -0.125. The number of ether oxygens (including phenoxy) is 3. The van der Waals surface area contributed by atoms with E-state index in [4.69, 9.17) is 14.2 Å². The second kappa shape index (κ2) is 9.44. The standard InChI is InChI=1S/C26H27FN6O5/c1-36-22-5-3-18-23(32-22)16(17(27)12-28-18)10-20(33-35)26-8-6-25(7-9-26,14-38-26)29-11-15-2-4-19-24(30-15)31-21(34)13-37-19/h2-5,12,29,35H,6-11,13-14H2,1H3,(H,30,31,34)/b33-20+. The summed E-state index contributed by atoms with van der Waals surface area (Å²) in [7, 11) is 1.49. The molecule has 0 atom stereocenters. The van der Waals surface area contributed by atoms with Crippen LogP contribution in [0.3, 0.4) is 0 Å². The van der Waals surface area contributed by atoms with Gasteiger partial charge in [0.05, 0.1) is 42.4 Å². The second-order valence-electron chi connectivity index (χ2n) is 9.93. The van der Waals surface area contributed by atoms with Crippen LogP contribution in [0.15, 0.2) is 35.6 Å². The van der Waals surface area contributed by atoms with Gasteiger partial charge in [-0.25, -0.2) is 14.4 Å². The number of nitrogens with one attached hydrogen (secondary N) is 2. The lowest BCUT2D eigenvalue weighted by Gasteiger charge is -2.53. The number of hydrogen-bond donors (Lipinski definition) is 3. The van der Waals surface area contributed by atoms with Gasteiger partial charge < -0.3 is 30.1 Å². The average molecular weight is 523 g/mol. The van der Waals surface area contributed by atoms with Crippen LogP contribution in [-0.2, 0) is 22.5 Å². The summed E-state index contributed by atoms with van der Waals surface area (Å²) in [6.45, 7) is 0.882. The first-order chi connectivity index (χ1) is 18.4. The molecule has 0 unspecified atom stereocenters. The second-order valence-corrected chi connectivity index (χ2v) is 9.93. The number of hydrogen-bond acceptors (Lipinski definition) is 10. The van der Waals surface area contributed by atoms with E-state index < -0.39 is 11.4 Å². The Morgan fingerprint density at radius 1 is 1.24 bits per heavy atom. The van der Waals surface area contributed by atoms with Crippen LogP contribution < -0.4 is 20.1 Å². The van der Waals surface area contributed by atoms with Crippen molar-refractivity contribution >= 4 is 28.5 Å². The predicted octanol–water partition coefficient (Wildman–Crippen LogP) is 2.75. The zero-order valence-electron chi connectivity index (χ0n) is 20.8. The molecule has 3 N–H and O–H groups in total. The fraction of sp³-hybridized carbons (Fsp3) is 0.423. The molecular weight excluding hydrogens is 495 g/mol. The minimum Gasteiger partial charge on any atom is -0.481 e. The predicted molar refractivity (Wildman–Crippen MR) is 134 cm³/mol. The first kappa shape index (κ1) is 24.4. The molecule has 2 saturated heterocycles. The number of amides is 1. The monoisotopic (exact) mass is 522 g/mol.